The third kappa shape index (κ3) is 1.54. The number of aliphatic hydroxyl groups excluding tert-OH is 3. The van der Waals surface area contributed by atoms with Gasteiger partial charge in [0, 0.05) is 0 Å². The Kier molecular flexibility index (Phi) is 2.49. The molecular weight excluding hydrogens is 148 g/mol. The minimum absolute atomic E-state index is 0.349. The van der Waals surface area contributed by atoms with Crippen LogP contribution in [0.4, 0.5) is 0 Å². The zero-order valence-electron chi connectivity index (χ0n) is 6.27. The van der Waals surface area contributed by atoms with Crippen LogP contribution >= 0.6 is 0 Å². The van der Waals surface area contributed by atoms with Crippen LogP contribution in [0.3, 0.4) is 0 Å². The predicted molar refractivity (Wildman–Crippen MR) is 37.9 cm³/mol. The van der Waals surface area contributed by atoms with Gasteiger partial charge in [0.2, 0.25) is 0 Å². The van der Waals surface area contributed by atoms with E-state index in [1.807, 2.05) is 0 Å². The monoisotopic (exact) mass is 162 g/mol. The largest absolute Gasteiger partial charge is 0.393 e. The molecule has 0 radical (unpaired) electrons. The third-order valence-corrected chi connectivity index (χ3v) is 2.30. The molecule has 0 saturated heterocycles. The van der Waals surface area contributed by atoms with Crippen LogP contribution in [0.15, 0.2) is 0 Å². The van der Waals surface area contributed by atoms with E-state index < -0.39 is 24.4 Å². The summed E-state index contributed by atoms with van der Waals surface area (Å²) >= 11 is 0. The Bertz CT molecular complexity index is 138. The Morgan fingerprint density at radius 2 is 2.00 bits per heavy atom. The molecule has 4 nitrogen and oxygen atoms in total. The average Bonchev–Trinajstić information content (AvgIpc) is 2.00. The third-order valence-electron chi connectivity index (χ3n) is 2.30. The summed E-state index contributed by atoms with van der Waals surface area (Å²) in [7, 11) is 0. The second-order valence-corrected chi connectivity index (χ2v) is 3.17. The molecule has 1 aliphatic carbocycles. The lowest BCUT2D eigenvalue weighted by Gasteiger charge is -2.38. The van der Waals surface area contributed by atoms with Crippen molar-refractivity contribution in [2.24, 2.45) is 0 Å². The molecule has 0 aromatic carbocycles. The van der Waals surface area contributed by atoms with Crippen molar-refractivity contribution >= 4 is 0 Å². The molecule has 0 bridgehead atoms. The Labute approximate surface area is 65.1 Å². The Morgan fingerprint density at radius 1 is 1.36 bits per heavy atom. The highest BCUT2D eigenvalue weighted by Crippen LogP contribution is 2.28. The van der Waals surface area contributed by atoms with E-state index >= 15 is 0 Å². The molecule has 0 aromatic heterocycles. The van der Waals surface area contributed by atoms with Gasteiger partial charge in [0.1, 0.15) is 11.7 Å². The fourth-order valence-corrected chi connectivity index (χ4v) is 1.45. The number of aliphatic hydroxyl groups is 4. The second-order valence-electron chi connectivity index (χ2n) is 3.17. The number of hydrogen-bond donors (Lipinski definition) is 4. The van der Waals surface area contributed by atoms with E-state index in [9.17, 15) is 10.2 Å². The van der Waals surface area contributed by atoms with Crippen molar-refractivity contribution in [3.05, 3.63) is 0 Å². The molecule has 0 unspecified atom stereocenters. The smallest absolute Gasteiger partial charge is 0.116 e. The van der Waals surface area contributed by atoms with Gasteiger partial charge in [-0.05, 0) is 19.3 Å². The summed E-state index contributed by atoms with van der Waals surface area (Å²) in [6.07, 6.45) is -0.636. The summed E-state index contributed by atoms with van der Waals surface area (Å²) in [4.78, 5) is 0. The molecule has 3 atom stereocenters. The molecule has 0 aliphatic heterocycles. The molecule has 0 amide bonds. The van der Waals surface area contributed by atoms with Crippen molar-refractivity contribution < 1.29 is 20.4 Å². The highest BCUT2D eigenvalue weighted by atomic mass is 16.4. The topological polar surface area (TPSA) is 80.9 Å². The van der Waals surface area contributed by atoms with Gasteiger partial charge in [-0.2, -0.15) is 0 Å². The first kappa shape index (κ1) is 8.93. The van der Waals surface area contributed by atoms with Gasteiger partial charge >= 0.3 is 0 Å². The van der Waals surface area contributed by atoms with Crippen LogP contribution in [0.5, 0.6) is 0 Å². The molecule has 1 fully saturated rings. The first-order valence-electron chi connectivity index (χ1n) is 3.79. The minimum Gasteiger partial charge on any atom is -0.393 e. The van der Waals surface area contributed by atoms with Gasteiger partial charge in [0.05, 0.1) is 12.7 Å². The van der Waals surface area contributed by atoms with E-state index in [1.54, 1.807) is 0 Å². The summed E-state index contributed by atoms with van der Waals surface area (Å²) in [5.41, 5.74) is -1.49. The average molecular weight is 162 g/mol. The van der Waals surface area contributed by atoms with E-state index in [4.69, 9.17) is 10.2 Å². The summed E-state index contributed by atoms with van der Waals surface area (Å²) in [5.74, 6) is 0. The first-order chi connectivity index (χ1) is 5.10. The summed E-state index contributed by atoms with van der Waals surface area (Å²) in [5, 5.41) is 36.5. The lowest BCUT2D eigenvalue weighted by Crippen LogP contribution is -2.54. The molecule has 66 valence electrons. The second kappa shape index (κ2) is 3.06. The van der Waals surface area contributed by atoms with Gasteiger partial charge in [-0.25, -0.2) is 0 Å². The Morgan fingerprint density at radius 3 is 2.45 bits per heavy atom. The molecular formula is C7H14O4. The van der Waals surface area contributed by atoms with Crippen molar-refractivity contribution in [1.29, 1.82) is 0 Å². The van der Waals surface area contributed by atoms with Gasteiger partial charge in [0.25, 0.3) is 0 Å². The molecule has 11 heavy (non-hydrogen) atoms. The minimum atomic E-state index is -1.49. The molecule has 1 saturated carbocycles. The zero-order chi connectivity index (χ0) is 8.48. The van der Waals surface area contributed by atoms with Gasteiger partial charge < -0.3 is 20.4 Å². The highest BCUT2D eigenvalue weighted by molar-refractivity contribution is 4.94. The summed E-state index contributed by atoms with van der Waals surface area (Å²) < 4.78 is 0. The number of hydrogen-bond acceptors (Lipinski definition) is 4. The van der Waals surface area contributed by atoms with E-state index in [2.05, 4.69) is 0 Å². The van der Waals surface area contributed by atoms with Crippen molar-refractivity contribution in [3.8, 4) is 0 Å². The SMILES string of the molecule is OC[C@]1(O)CCC[C@@H](O)[C@@H]1O. The van der Waals surface area contributed by atoms with Crippen LogP contribution in [0.1, 0.15) is 19.3 Å². The lowest BCUT2D eigenvalue weighted by atomic mass is 9.81. The van der Waals surface area contributed by atoms with Crippen LogP contribution < -0.4 is 0 Å². The van der Waals surface area contributed by atoms with Crippen molar-refractivity contribution in [2.45, 2.75) is 37.1 Å². The molecule has 4 N–H and O–H groups in total. The van der Waals surface area contributed by atoms with E-state index in [-0.39, 0.29) is 0 Å². The normalized spacial score (nSPS) is 45.8. The molecule has 1 rings (SSSR count). The van der Waals surface area contributed by atoms with Gasteiger partial charge in [0.15, 0.2) is 0 Å². The van der Waals surface area contributed by atoms with E-state index in [1.165, 1.54) is 0 Å². The molecule has 1 aliphatic rings. The molecule has 0 spiro atoms. The van der Waals surface area contributed by atoms with E-state index in [0.717, 1.165) is 0 Å². The molecule has 4 heteroatoms. The van der Waals surface area contributed by atoms with E-state index in [0.29, 0.717) is 19.3 Å². The van der Waals surface area contributed by atoms with Crippen LogP contribution in [0.2, 0.25) is 0 Å². The van der Waals surface area contributed by atoms with Gasteiger partial charge in [-0.15, -0.1) is 0 Å². The lowest BCUT2D eigenvalue weighted by molar-refractivity contribution is -0.168. The van der Waals surface area contributed by atoms with Crippen molar-refractivity contribution in [3.63, 3.8) is 0 Å². The van der Waals surface area contributed by atoms with Crippen molar-refractivity contribution in [2.75, 3.05) is 6.61 Å². The fourth-order valence-electron chi connectivity index (χ4n) is 1.45. The van der Waals surface area contributed by atoms with Crippen LogP contribution in [-0.2, 0) is 0 Å². The first-order valence-corrected chi connectivity index (χ1v) is 3.79. The summed E-state index contributed by atoms with van der Waals surface area (Å²) in [6, 6.07) is 0. The maximum atomic E-state index is 9.46. The van der Waals surface area contributed by atoms with Crippen LogP contribution in [0, 0.1) is 0 Å². The quantitative estimate of drug-likeness (QED) is 0.383. The highest BCUT2D eigenvalue weighted by Gasteiger charge is 2.42. The van der Waals surface area contributed by atoms with Crippen LogP contribution in [0.25, 0.3) is 0 Å². The zero-order valence-corrected chi connectivity index (χ0v) is 6.27. The Balaban J connectivity index is 2.64. The Hall–Kier alpha value is -0.160. The number of rotatable bonds is 1. The molecule has 0 aromatic rings. The maximum Gasteiger partial charge on any atom is 0.116 e. The van der Waals surface area contributed by atoms with Crippen molar-refractivity contribution in [1.82, 2.24) is 0 Å². The molecule has 0 heterocycles. The van der Waals surface area contributed by atoms with Gasteiger partial charge in [-0.1, -0.05) is 0 Å². The maximum absolute atomic E-state index is 9.46. The fraction of sp³-hybridized carbons (Fsp3) is 1.00. The van der Waals surface area contributed by atoms with Crippen LogP contribution in [-0.4, -0.2) is 44.8 Å². The summed E-state index contributed by atoms with van der Waals surface area (Å²) in [6.45, 7) is -0.495. The predicted octanol–water partition coefficient (Wildman–Crippen LogP) is -1.38. The van der Waals surface area contributed by atoms with Gasteiger partial charge in [-0.3, -0.25) is 0 Å². The standard InChI is InChI=1S/C7H14O4/c8-4-7(11)3-1-2-5(9)6(7)10/h5-6,8-11H,1-4H2/t5-,6+,7-/m1/s1.